The molecule has 1 aromatic carbocycles. The van der Waals surface area contributed by atoms with Crippen molar-refractivity contribution in [2.24, 2.45) is 0 Å². The van der Waals surface area contributed by atoms with Crippen molar-refractivity contribution in [3.63, 3.8) is 0 Å². The van der Waals surface area contributed by atoms with Crippen molar-refractivity contribution in [3.05, 3.63) is 28.8 Å². The second-order valence-electron chi connectivity index (χ2n) is 3.68. The summed E-state index contributed by atoms with van der Waals surface area (Å²) in [5, 5.41) is 0.745. The minimum Gasteiger partial charge on any atom is -0.486 e. The molecular weight excluding hydrogens is 224 g/mol. The van der Waals surface area contributed by atoms with Gasteiger partial charge in [-0.3, -0.25) is 4.79 Å². The molecule has 0 amide bonds. The third-order valence-electron chi connectivity index (χ3n) is 2.33. The summed E-state index contributed by atoms with van der Waals surface area (Å²) in [6.45, 7) is 4.17. The lowest BCUT2D eigenvalue weighted by Gasteiger charge is -2.07. The second-order valence-corrected chi connectivity index (χ2v) is 4.09. The second kappa shape index (κ2) is 6.54. The van der Waals surface area contributed by atoms with Gasteiger partial charge >= 0.3 is 0 Å². The molecule has 0 aromatic heterocycles. The first-order chi connectivity index (χ1) is 7.67. The van der Waals surface area contributed by atoms with Gasteiger partial charge in [-0.05, 0) is 36.6 Å². The maximum Gasteiger partial charge on any atom is 0.170 e. The molecule has 0 fully saturated rings. The van der Waals surface area contributed by atoms with Crippen molar-refractivity contribution in [1.29, 1.82) is 0 Å². The summed E-state index contributed by atoms with van der Waals surface area (Å²) in [7, 11) is 0. The van der Waals surface area contributed by atoms with Crippen molar-refractivity contribution in [2.45, 2.75) is 33.1 Å². The minimum atomic E-state index is 0.135. The summed E-state index contributed by atoms with van der Waals surface area (Å²) in [5.74, 6) is 0.848. The van der Waals surface area contributed by atoms with Gasteiger partial charge in [-0.1, -0.05) is 25.4 Å². The monoisotopic (exact) mass is 240 g/mol. The van der Waals surface area contributed by atoms with E-state index in [0.29, 0.717) is 12.2 Å². The van der Waals surface area contributed by atoms with Gasteiger partial charge in [-0.15, -0.1) is 0 Å². The van der Waals surface area contributed by atoms with Crippen LogP contribution in [0.4, 0.5) is 0 Å². The van der Waals surface area contributed by atoms with Crippen LogP contribution in [0.5, 0.6) is 5.75 Å². The molecular formula is C13H17ClO2. The number of carbonyl (C=O) groups is 1. The van der Waals surface area contributed by atoms with Crippen molar-refractivity contribution in [2.75, 3.05) is 6.61 Å². The van der Waals surface area contributed by atoms with E-state index in [1.165, 1.54) is 0 Å². The first-order valence-electron chi connectivity index (χ1n) is 5.60. The summed E-state index contributed by atoms with van der Waals surface area (Å²) in [6, 6.07) is 5.49. The molecule has 1 aromatic rings. The van der Waals surface area contributed by atoms with E-state index in [1.54, 1.807) is 12.1 Å². The van der Waals surface area contributed by atoms with Gasteiger partial charge in [0.25, 0.3) is 0 Å². The number of Topliss-reactive ketones (excluding diaryl/α,β-unsaturated/α-hetero) is 1. The molecule has 0 aliphatic carbocycles. The fraction of sp³-hybridized carbons (Fsp3) is 0.462. The van der Waals surface area contributed by atoms with Crippen molar-refractivity contribution in [3.8, 4) is 5.75 Å². The predicted octanol–water partition coefficient (Wildman–Crippen LogP) is 3.65. The molecule has 0 N–H and O–H groups in total. The average Bonchev–Trinajstić information content (AvgIpc) is 2.28. The molecule has 0 saturated heterocycles. The Morgan fingerprint density at radius 3 is 2.75 bits per heavy atom. The third-order valence-corrected chi connectivity index (χ3v) is 2.70. The van der Waals surface area contributed by atoms with Crippen LogP contribution >= 0.6 is 11.6 Å². The predicted molar refractivity (Wildman–Crippen MR) is 66.2 cm³/mol. The highest BCUT2D eigenvalue weighted by Crippen LogP contribution is 2.22. The molecule has 0 radical (unpaired) electrons. The zero-order chi connectivity index (χ0) is 12.0. The van der Waals surface area contributed by atoms with E-state index in [4.69, 9.17) is 16.3 Å². The van der Waals surface area contributed by atoms with Crippen LogP contribution in [-0.2, 0) is 11.2 Å². The number of carbonyl (C=O) groups excluding carboxylic acids is 1. The number of aryl methyl sites for hydroxylation is 1. The summed E-state index contributed by atoms with van der Waals surface area (Å²) in [5.41, 5.74) is 1.04. The van der Waals surface area contributed by atoms with Gasteiger partial charge in [-0.25, -0.2) is 0 Å². The summed E-state index contributed by atoms with van der Waals surface area (Å²) in [6.07, 6.45) is 2.30. The summed E-state index contributed by atoms with van der Waals surface area (Å²) in [4.78, 5) is 11.3. The molecule has 0 spiro atoms. The van der Waals surface area contributed by atoms with Crippen molar-refractivity contribution < 1.29 is 9.53 Å². The van der Waals surface area contributed by atoms with Crippen LogP contribution in [-0.4, -0.2) is 12.4 Å². The average molecular weight is 241 g/mol. The van der Waals surface area contributed by atoms with Crippen LogP contribution in [0.15, 0.2) is 18.2 Å². The molecule has 1 rings (SSSR count). The Hall–Kier alpha value is -1.02. The first-order valence-corrected chi connectivity index (χ1v) is 5.98. The van der Waals surface area contributed by atoms with Gasteiger partial charge in [-0.2, -0.15) is 0 Å². The lowest BCUT2D eigenvalue weighted by molar-refractivity contribution is -0.121. The smallest absolute Gasteiger partial charge is 0.170 e. The van der Waals surface area contributed by atoms with E-state index in [0.717, 1.165) is 23.4 Å². The van der Waals surface area contributed by atoms with Gasteiger partial charge in [0.15, 0.2) is 5.78 Å². The molecule has 0 saturated carbocycles. The molecule has 2 nitrogen and oxygen atoms in total. The fourth-order valence-corrected chi connectivity index (χ4v) is 1.68. The number of hydrogen-bond acceptors (Lipinski definition) is 2. The highest BCUT2D eigenvalue weighted by atomic mass is 35.5. The number of benzene rings is 1. The van der Waals surface area contributed by atoms with E-state index in [9.17, 15) is 4.79 Å². The third kappa shape index (κ3) is 3.86. The zero-order valence-corrected chi connectivity index (χ0v) is 10.5. The van der Waals surface area contributed by atoms with Crippen LogP contribution in [0.2, 0.25) is 5.02 Å². The van der Waals surface area contributed by atoms with E-state index in [-0.39, 0.29) is 12.4 Å². The molecule has 0 heterocycles. The normalized spacial score (nSPS) is 10.2. The topological polar surface area (TPSA) is 26.3 Å². The van der Waals surface area contributed by atoms with E-state index < -0.39 is 0 Å². The van der Waals surface area contributed by atoms with Gasteiger partial charge in [0.05, 0.1) is 0 Å². The Kier molecular flexibility index (Phi) is 5.33. The maximum atomic E-state index is 11.3. The zero-order valence-electron chi connectivity index (χ0n) is 9.75. The standard InChI is InChI=1S/C13H17ClO2/c1-3-5-11(15)9-16-12-6-7-13(14)10(4-2)8-12/h6-8H,3-5,9H2,1-2H3. The number of ketones is 1. The quantitative estimate of drug-likeness (QED) is 0.759. The van der Waals surface area contributed by atoms with Gasteiger partial charge < -0.3 is 4.74 Å². The van der Waals surface area contributed by atoms with E-state index >= 15 is 0 Å². The highest BCUT2D eigenvalue weighted by molar-refractivity contribution is 6.31. The van der Waals surface area contributed by atoms with Crippen LogP contribution in [0, 0.1) is 0 Å². The molecule has 0 aliphatic rings. The van der Waals surface area contributed by atoms with Gasteiger partial charge in [0.1, 0.15) is 12.4 Å². The lowest BCUT2D eigenvalue weighted by atomic mass is 10.1. The fourth-order valence-electron chi connectivity index (χ4n) is 1.43. The molecule has 88 valence electrons. The number of halogens is 1. The number of ether oxygens (including phenoxy) is 1. The van der Waals surface area contributed by atoms with Gasteiger partial charge in [0.2, 0.25) is 0 Å². The highest BCUT2D eigenvalue weighted by Gasteiger charge is 2.04. The van der Waals surface area contributed by atoms with Crippen LogP contribution in [0.1, 0.15) is 32.3 Å². The maximum absolute atomic E-state index is 11.3. The van der Waals surface area contributed by atoms with Crippen LogP contribution < -0.4 is 4.74 Å². The van der Waals surface area contributed by atoms with E-state index in [2.05, 4.69) is 0 Å². The number of hydrogen-bond donors (Lipinski definition) is 0. The molecule has 3 heteroatoms. The van der Waals surface area contributed by atoms with Gasteiger partial charge in [0, 0.05) is 11.4 Å². The number of rotatable bonds is 6. The summed E-state index contributed by atoms with van der Waals surface area (Å²) < 4.78 is 5.41. The Labute approximate surface area is 102 Å². The van der Waals surface area contributed by atoms with Crippen molar-refractivity contribution in [1.82, 2.24) is 0 Å². The van der Waals surface area contributed by atoms with Crippen LogP contribution in [0.25, 0.3) is 0 Å². The largest absolute Gasteiger partial charge is 0.486 e. The van der Waals surface area contributed by atoms with Crippen LogP contribution in [0.3, 0.4) is 0 Å². The molecule has 0 atom stereocenters. The SMILES string of the molecule is CCCC(=O)COc1ccc(Cl)c(CC)c1. The Morgan fingerprint density at radius 1 is 1.38 bits per heavy atom. The summed E-state index contributed by atoms with van der Waals surface area (Å²) >= 11 is 5.99. The Morgan fingerprint density at radius 2 is 2.12 bits per heavy atom. The lowest BCUT2D eigenvalue weighted by Crippen LogP contribution is -2.10. The molecule has 16 heavy (non-hydrogen) atoms. The van der Waals surface area contributed by atoms with Crippen molar-refractivity contribution >= 4 is 17.4 Å². The first kappa shape index (κ1) is 13.0. The molecule has 0 bridgehead atoms. The Balaban J connectivity index is 2.57. The molecule has 0 aliphatic heterocycles. The minimum absolute atomic E-state index is 0.135. The Bertz CT molecular complexity index is 361. The molecule has 0 unspecified atom stereocenters. The van der Waals surface area contributed by atoms with E-state index in [1.807, 2.05) is 19.9 Å².